The van der Waals surface area contributed by atoms with E-state index < -0.39 is 0 Å². The molecule has 0 aliphatic rings. The number of ether oxygens (including phenoxy) is 1. The van der Waals surface area contributed by atoms with Gasteiger partial charge < -0.3 is 10.1 Å². The van der Waals surface area contributed by atoms with Crippen molar-refractivity contribution in [1.82, 2.24) is 15.3 Å². The molecule has 1 N–H and O–H groups in total. The SMILES string of the molecule is CNCc1cccc(-c2nccnc2OC)c1. The number of aromatic nitrogens is 2. The van der Waals surface area contributed by atoms with E-state index in [1.54, 1.807) is 19.5 Å². The van der Waals surface area contributed by atoms with E-state index in [2.05, 4.69) is 27.4 Å². The highest BCUT2D eigenvalue weighted by atomic mass is 16.5. The van der Waals surface area contributed by atoms with E-state index >= 15 is 0 Å². The summed E-state index contributed by atoms with van der Waals surface area (Å²) in [5.41, 5.74) is 2.99. The summed E-state index contributed by atoms with van der Waals surface area (Å²) in [5, 5.41) is 3.12. The molecule has 0 bridgehead atoms. The van der Waals surface area contributed by atoms with Gasteiger partial charge in [-0.2, -0.15) is 0 Å². The van der Waals surface area contributed by atoms with Crippen LogP contribution in [0.5, 0.6) is 5.88 Å². The van der Waals surface area contributed by atoms with E-state index in [4.69, 9.17) is 4.74 Å². The van der Waals surface area contributed by atoms with Crippen molar-refractivity contribution in [3.05, 3.63) is 42.2 Å². The first kappa shape index (κ1) is 11.5. The number of methoxy groups -OCH3 is 1. The zero-order chi connectivity index (χ0) is 12.1. The second-order valence-electron chi connectivity index (χ2n) is 3.64. The standard InChI is InChI=1S/C13H15N3O/c1-14-9-10-4-3-5-11(8-10)12-13(17-2)16-7-6-15-12/h3-8,14H,9H2,1-2H3. The van der Waals surface area contributed by atoms with Crippen molar-refractivity contribution in [3.8, 4) is 17.1 Å². The zero-order valence-corrected chi connectivity index (χ0v) is 9.97. The fourth-order valence-corrected chi connectivity index (χ4v) is 1.71. The molecular weight excluding hydrogens is 214 g/mol. The Morgan fingerprint density at radius 1 is 1.24 bits per heavy atom. The average molecular weight is 229 g/mol. The van der Waals surface area contributed by atoms with Gasteiger partial charge in [-0.1, -0.05) is 18.2 Å². The predicted molar refractivity (Wildman–Crippen MR) is 66.8 cm³/mol. The molecule has 0 unspecified atom stereocenters. The van der Waals surface area contributed by atoms with Gasteiger partial charge in [0.15, 0.2) is 0 Å². The minimum absolute atomic E-state index is 0.550. The van der Waals surface area contributed by atoms with Crippen LogP contribution in [0.25, 0.3) is 11.3 Å². The zero-order valence-electron chi connectivity index (χ0n) is 9.97. The van der Waals surface area contributed by atoms with E-state index in [1.807, 2.05) is 19.2 Å². The fourth-order valence-electron chi connectivity index (χ4n) is 1.71. The third kappa shape index (κ3) is 2.60. The van der Waals surface area contributed by atoms with Gasteiger partial charge in [-0.05, 0) is 18.7 Å². The molecule has 0 fully saturated rings. The summed E-state index contributed by atoms with van der Waals surface area (Å²) in [5.74, 6) is 0.550. The Hall–Kier alpha value is -1.94. The van der Waals surface area contributed by atoms with Crippen LogP contribution in [-0.2, 0) is 6.54 Å². The topological polar surface area (TPSA) is 47.0 Å². The molecule has 1 aromatic carbocycles. The fraction of sp³-hybridized carbons (Fsp3) is 0.231. The number of hydrogen-bond acceptors (Lipinski definition) is 4. The summed E-state index contributed by atoms with van der Waals surface area (Å²) in [6, 6.07) is 8.17. The molecule has 88 valence electrons. The van der Waals surface area contributed by atoms with Crippen LogP contribution >= 0.6 is 0 Å². The molecule has 2 rings (SSSR count). The van der Waals surface area contributed by atoms with Gasteiger partial charge in [0.1, 0.15) is 5.69 Å². The average Bonchev–Trinajstić information content (AvgIpc) is 2.39. The number of nitrogens with zero attached hydrogens (tertiary/aromatic N) is 2. The lowest BCUT2D eigenvalue weighted by molar-refractivity contribution is 0.398. The van der Waals surface area contributed by atoms with Gasteiger partial charge >= 0.3 is 0 Å². The lowest BCUT2D eigenvalue weighted by atomic mass is 10.1. The molecule has 0 aliphatic heterocycles. The van der Waals surface area contributed by atoms with Crippen LogP contribution in [0, 0.1) is 0 Å². The van der Waals surface area contributed by atoms with Crippen molar-refractivity contribution in [2.75, 3.05) is 14.2 Å². The number of nitrogens with one attached hydrogen (secondary N) is 1. The molecule has 0 saturated heterocycles. The van der Waals surface area contributed by atoms with Crippen LogP contribution < -0.4 is 10.1 Å². The molecule has 0 amide bonds. The first-order valence-electron chi connectivity index (χ1n) is 5.44. The van der Waals surface area contributed by atoms with Crippen LogP contribution in [0.2, 0.25) is 0 Å². The first-order valence-corrected chi connectivity index (χ1v) is 5.44. The Morgan fingerprint density at radius 2 is 2.06 bits per heavy atom. The molecule has 4 nitrogen and oxygen atoms in total. The largest absolute Gasteiger partial charge is 0.479 e. The van der Waals surface area contributed by atoms with Crippen LogP contribution in [0.4, 0.5) is 0 Å². The van der Waals surface area contributed by atoms with Gasteiger partial charge in [-0.15, -0.1) is 0 Å². The van der Waals surface area contributed by atoms with Crippen molar-refractivity contribution in [2.24, 2.45) is 0 Å². The normalized spacial score (nSPS) is 10.2. The number of hydrogen-bond donors (Lipinski definition) is 1. The molecule has 1 aromatic heterocycles. The minimum atomic E-state index is 0.550. The van der Waals surface area contributed by atoms with Gasteiger partial charge in [-0.25, -0.2) is 9.97 Å². The first-order chi connectivity index (χ1) is 8.35. The van der Waals surface area contributed by atoms with E-state index in [0.29, 0.717) is 5.88 Å². The van der Waals surface area contributed by atoms with Gasteiger partial charge in [0.2, 0.25) is 5.88 Å². The summed E-state index contributed by atoms with van der Waals surface area (Å²) in [7, 11) is 3.53. The van der Waals surface area contributed by atoms with Crippen molar-refractivity contribution in [1.29, 1.82) is 0 Å². The molecule has 4 heteroatoms. The van der Waals surface area contributed by atoms with Gasteiger partial charge in [-0.3, -0.25) is 0 Å². The van der Waals surface area contributed by atoms with Crippen LogP contribution in [0.15, 0.2) is 36.7 Å². The van der Waals surface area contributed by atoms with E-state index in [1.165, 1.54) is 5.56 Å². The predicted octanol–water partition coefficient (Wildman–Crippen LogP) is 1.87. The molecule has 17 heavy (non-hydrogen) atoms. The molecule has 0 radical (unpaired) electrons. The molecule has 0 saturated carbocycles. The molecular formula is C13H15N3O. The minimum Gasteiger partial charge on any atom is -0.479 e. The Labute approximate surface area is 101 Å². The highest BCUT2D eigenvalue weighted by molar-refractivity contribution is 5.64. The molecule has 0 spiro atoms. The van der Waals surface area contributed by atoms with Crippen LogP contribution in [0.3, 0.4) is 0 Å². The maximum atomic E-state index is 5.21. The number of benzene rings is 1. The van der Waals surface area contributed by atoms with Crippen molar-refractivity contribution >= 4 is 0 Å². The second-order valence-corrected chi connectivity index (χ2v) is 3.64. The third-order valence-electron chi connectivity index (χ3n) is 2.44. The van der Waals surface area contributed by atoms with Gasteiger partial charge in [0.05, 0.1) is 7.11 Å². The maximum absolute atomic E-state index is 5.21. The molecule has 2 aromatic rings. The molecule has 0 aliphatic carbocycles. The molecule has 1 heterocycles. The third-order valence-corrected chi connectivity index (χ3v) is 2.44. The highest BCUT2D eigenvalue weighted by Gasteiger charge is 2.08. The lowest BCUT2D eigenvalue weighted by Crippen LogP contribution is -2.05. The monoisotopic (exact) mass is 229 g/mol. The van der Waals surface area contributed by atoms with Crippen molar-refractivity contribution < 1.29 is 4.74 Å². The van der Waals surface area contributed by atoms with E-state index in [-0.39, 0.29) is 0 Å². The Morgan fingerprint density at radius 3 is 2.82 bits per heavy atom. The Balaban J connectivity index is 2.41. The summed E-state index contributed by atoms with van der Waals surface area (Å²) in [6.45, 7) is 0.830. The van der Waals surface area contributed by atoms with Crippen LogP contribution in [-0.4, -0.2) is 24.1 Å². The van der Waals surface area contributed by atoms with Crippen LogP contribution in [0.1, 0.15) is 5.56 Å². The summed E-state index contributed by atoms with van der Waals surface area (Å²) in [6.07, 6.45) is 3.29. The number of rotatable bonds is 4. The van der Waals surface area contributed by atoms with Gasteiger partial charge in [0.25, 0.3) is 0 Å². The van der Waals surface area contributed by atoms with E-state index in [0.717, 1.165) is 17.8 Å². The summed E-state index contributed by atoms with van der Waals surface area (Å²) < 4.78 is 5.21. The highest BCUT2D eigenvalue weighted by Crippen LogP contribution is 2.25. The quantitative estimate of drug-likeness (QED) is 0.869. The molecule has 0 atom stereocenters. The summed E-state index contributed by atoms with van der Waals surface area (Å²) in [4.78, 5) is 8.46. The Bertz CT molecular complexity index is 500. The second kappa shape index (κ2) is 5.41. The maximum Gasteiger partial charge on any atom is 0.240 e. The van der Waals surface area contributed by atoms with E-state index in [9.17, 15) is 0 Å². The lowest BCUT2D eigenvalue weighted by Gasteiger charge is -2.07. The van der Waals surface area contributed by atoms with Gasteiger partial charge in [0, 0.05) is 24.5 Å². The smallest absolute Gasteiger partial charge is 0.240 e. The Kier molecular flexibility index (Phi) is 3.67. The van der Waals surface area contributed by atoms with Crippen molar-refractivity contribution in [2.45, 2.75) is 6.54 Å². The summed E-state index contributed by atoms with van der Waals surface area (Å²) >= 11 is 0. The van der Waals surface area contributed by atoms with Crippen molar-refractivity contribution in [3.63, 3.8) is 0 Å².